The van der Waals surface area contributed by atoms with Gasteiger partial charge in [0, 0.05) is 24.1 Å². The van der Waals surface area contributed by atoms with E-state index in [-0.39, 0.29) is 35.1 Å². The number of halogens is 4. The standard InChI is InChI=1S/C25H26ClF3N4O6/c1-24(2,3)39-23(36)32-11-14(9-16(32)22(35)37-4)38-17-10-19(33-8-7-18(31-33)25(27,28)29)30-21-15(17)6-5-13(12-34)20(21)26/h5-8,10,14,16,34H,9,11-12H2,1-4H3/t14-,16-/m0/s1. The molecular formula is C25H26ClF3N4O6. The van der Waals surface area contributed by atoms with Crippen LogP contribution in [0, 0.1) is 0 Å². The summed E-state index contributed by atoms with van der Waals surface area (Å²) in [6.45, 7) is 4.64. The number of esters is 1. The maximum absolute atomic E-state index is 13.2. The monoisotopic (exact) mass is 570 g/mol. The van der Waals surface area contributed by atoms with E-state index in [1.54, 1.807) is 32.9 Å². The molecule has 1 amide bonds. The van der Waals surface area contributed by atoms with Crippen molar-refractivity contribution >= 4 is 34.6 Å². The van der Waals surface area contributed by atoms with Crippen LogP contribution in [-0.2, 0) is 27.1 Å². The van der Waals surface area contributed by atoms with Gasteiger partial charge in [-0.3, -0.25) is 4.90 Å². The number of pyridine rings is 1. The molecule has 1 aliphatic heterocycles. The maximum atomic E-state index is 13.2. The lowest BCUT2D eigenvalue weighted by Crippen LogP contribution is -2.44. The fraction of sp³-hybridized carbons (Fsp3) is 0.440. The molecule has 1 N–H and O–H groups in total. The van der Waals surface area contributed by atoms with Crippen LogP contribution < -0.4 is 4.74 Å². The number of fused-ring (bicyclic) bond motifs is 1. The summed E-state index contributed by atoms with van der Waals surface area (Å²) < 4.78 is 56.9. The predicted molar refractivity (Wildman–Crippen MR) is 133 cm³/mol. The van der Waals surface area contributed by atoms with Crippen molar-refractivity contribution in [3.63, 3.8) is 0 Å². The van der Waals surface area contributed by atoms with Crippen molar-refractivity contribution in [3.8, 4) is 11.6 Å². The van der Waals surface area contributed by atoms with Gasteiger partial charge in [0.2, 0.25) is 0 Å². The van der Waals surface area contributed by atoms with E-state index >= 15 is 0 Å². The number of methoxy groups -OCH3 is 1. The first-order chi connectivity index (χ1) is 18.2. The SMILES string of the molecule is COC(=O)[C@@H]1C[C@H](Oc2cc(-n3ccc(C(F)(F)F)n3)nc3c(Cl)c(CO)ccc23)CN1C(=O)OC(C)(C)C. The molecule has 1 aromatic carbocycles. The molecule has 210 valence electrons. The number of hydrogen-bond donors (Lipinski definition) is 1. The minimum atomic E-state index is -4.67. The molecule has 1 aliphatic rings. The molecule has 10 nitrogen and oxygen atoms in total. The Balaban J connectivity index is 1.74. The highest BCUT2D eigenvalue weighted by molar-refractivity contribution is 6.36. The summed E-state index contributed by atoms with van der Waals surface area (Å²) in [5.41, 5.74) is -1.43. The molecule has 14 heteroatoms. The number of aliphatic hydroxyl groups is 1. The number of rotatable bonds is 5. The van der Waals surface area contributed by atoms with E-state index in [0.717, 1.165) is 16.9 Å². The normalized spacial score (nSPS) is 17.9. The highest BCUT2D eigenvalue weighted by Crippen LogP contribution is 2.36. The molecule has 3 heterocycles. The number of nitrogens with zero attached hydrogens (tertiary/aromatic N) is 4. The Morgan fingerprint density at radius 2 is 1.92 bits per heavy atom. The maximum Gasteiger partial charge on any atom is 0.435 e. The zero-order valence-electron chi connectivity index (χ0n) is 21.5. The van der Waals surface area contributed by atoms with Crippen molar-refractivity contribution in [2.75, 3.05) is 13.7 Å². The Bertz CT molecular complexity index is 1400. The number of carbonyl (C=O) groups is 2. The first-order valence-electron chi connectivity index (χ1n) is 11.8. The highest BCUT2D eigenvalue weighted by Gasteiger charge is 2.43. The second-order valence-electron chi connectivity index (χ2n) is 9.86. The van der Waals surface area contributed by atoms with E-state index in [0.29, 0.717) is 10.9 Å². The van der Waals surface area contributed by atoms with Crippen molar-refractivity contribution in [1.82, 2.24) is 19.7 Å². The summed E-state index contributed by atoms with van der Waals surface area (Å²) >= 11 is 6.46. The molecule has 3 aromatic rings. The van der Waals surface area contributed by atoms with Gasteiger partial charge in [0.1, 0.15) is 23.5 Å². The van der Waals surface area contributed by atoms with Crippen LogP contribution >= 0.6 is 11.6 Å². The Morgan fingerprint density at radius 1 is 1.21 bits per heavy atom. The Hall–Kier alpha value is -3.58. The fourth-order valence-corrected chi connectivity index (χ4v) is 4.41. The van der Waals surface area contributed by atoms with Gasteiger partial charge in [0.15, 0.2) is 11.5 Å². The van der Waals surface area contributed by atoms with Gasteiger partial charge in [-0.1, -0.05) is 17.7 Å². The van der Waals surface area contributed by atoms with Crippen LogP contribution in [0.25, 0.3) is 16.7 Å². The average Bonchev–Trinajstić information content (AvgIpc) is 3.51. The van der Waals surface area contributed by atoms with Gasteiger partial charge >= 0.3 is 18.2 Å². The second-order valence-corrected chi connectivity index (χ2v) is 10.2. The van der Waals surface area contributed by atoms with Crippen LogP contribution in [0.4, 0.5) is 18.0 Å². The number of amides is 1. The Kier molecular flexibility index (Phi) is 7.68. The van der Waals surface area contributed by atoms with Gasteiger partial charge in [0.05, 0.1) is 30.8 Å². The lowest BCUT2D eigenvalue weighted by atomic mass is 10.1. The largest absolute Gasteiger partial charge is 0.488 e. The van der Waals surface area contributed by atoms with E-state index in [1.165, 1.54) is 18.1 Å². The van der Waals surface area contributed by atoms with Crippen LogP contribution in [0.5, 0.6) is 5.75 Å². The molecular weight excluding hydrogens is 545 g/mol. The van der Waals surface area contributed by atoms with E-state index in [4.69, 9.17) is 25.8 Å². The number of carbonyl (C=O) groups excluding carboxylic acids is 2. The van der Waals surface area contributed by atoms with Gasteiger partial charge in [-0.25, -0.2) is 19.3 Å². The highest BCUT2D eigenvalue weighted by atomic mass is 35.5. The number of hydrogen-bond acceptors (Lipinski definition) is 8. The number of ether oxygens (including phenoxy) is 3. The van der Waals surface area contributed by atoms with Gasteiger partial charge in [0.25, 0.3) is 0 Å². The lowest BCUT2D eigenvalue weighted by Gasteiger charge is -2.27. The molecule has 0 spiro atoms. The van der Waals surface area contributed by atoms with Crippen molar-refractivity contribution < 1.29 is 42.1 Å². The molecule has 1 fully saturated rings. The Labute approximate surface area is 226 Å². The molecule has 2 atom stereocenters. The van der Waals surface area contributed by atoms with Gasteiger partial charge < -0.3 is 19.3 Å². The third kappa shape index (κ3) is 6.04. The van der Waals surface area contributed by atoms with E-state index in [2.05, 4.69) is 10.1 Å². The minimum Gasteiger partial charge on any atom is -0.488 e. The van der Waals surface area contributed by atoms with Crippen LogP contribution in [0.3, 0.4) is 0 Å². The molecule has 0 unspecified atom stereocenters. The topological polar surface area (TPSA) is 116 Å². The first-order valence-corrected chi connectivity index (χ1v) is 12.2. The molecule has 0 bridgehead atoms. The molecule has 4 rings (SSSR count). The third-order valence-electron chi connectivity index (χ3n) is 5.89. The third-order valence-corrected chi connectivity index (χ3v) is 6.31. The second kappa shape index (κ2) is 10.5. The summed E-state index contributed by atoms with van der Waals surface area (Å²) in [5, 5.41) is 13.7. The van der Waals surface area contributed by atoms with E-state index in [9.17, 15) is 27.9 Å². The minimum absolute atomic E-state index is 0.0310. The summed E-state index contributed by atoms with van der Waals surface area (Å²) in [7, 11) is 1.20. The quantitative estimate of drug-likeness (QED) is 0.445. The van der Waals surface area contributed by atoms with Crippen LogP contribution in [0.15, 0.2) is 30.5 Å². The molecule has 0 aliphatic carbocycles. The van der Waals surface area contributed by atoms with Gasteiger partial charge in [-0.15, -0.1) is 0 Å². The van der Waals surface area contributed by atoms with Crippen molar-refractivity contribution in [2.24, 2.45) is 0 Å². The van der Waals surface area contributed by atoms with Gasteiger partial charge in [-0.05, 0) is 38.5 Å². The number of benzene rings is 1. The van der Waals surface area contributed by atoms with Crippen LogP contribution in [0.1, 0.15) is 38.4 Å². The van der Waals surface area contributed by atoms with Gasteiger partial charge in [-0.2, -0.15) is 18.3 Å². The first kappa shape index (κ1) is 28.4. The summed E-state index contributed by atoms with van der Waals surface area (Å²) in [6.07, 6.45) is -4.96. The molecule has 0 radical (unpaired) electrons. The fourth-order valence-electron chi connectivity index (χ4n) is 4.14. The van der Waals surface area contributed by atoms with E-state index < -0.39 is 48.3 Å². The number of alkyl halides is 3. The molecule has 2 aromatic heterocycles. The Morgan fingerprint density at radius 3 is 2.51 bits per heavy atom. The van der Waals surface area contributed by atoms with Crippen LogP contribution in [-0.4, -0.2) is 68.2 Å². The van der Waals surface area contributed by atoms with Crippen LogP contribution in [0.2, 0.25) is 5.02 Å². The summed E-state index contributed by atoms with van der Waals surface area (Å²) in [5.74, 6) is -0.513. The number of aliphatic hydroxyl groups excluding tert-OH is 1. The lowest BCUT2D eigenvalue weighted by molar-refractivity contribution is -0.145. The summed E-state index contributed by atoms with van der Waals surface area (Å²) in [4.78, 5) is 30.9. The zero-order valence-corrected chi connectivity index (χ0v) is 22.2. The number of likely N-dealkylation sites (tertiary alicyclic amines) is 1. The van der Waals surface area contributed by atoms with Crippen molar-refractivity contribution in [2.45, 2.75) is 57.7 Å². The smallest absolute Gasteiger partial charge is 0.435 e. The van der Waals surface area contributed by atoms with Crippen molar-refractivity contribution in [3.05, 3.63) is 46.7 Å². The zero-order chi connectivity index (χ0) is 28.7. The van der Waals surface area contributed by atoms with E-state index in [1.807, 2.05) is 0 Å². The predicted octanol–water partition coefficient (Wildman–Crippen LogP) is 4.51. The van der Waals surface area contributed by atoms with Crippen molar-refractivity contribution in [1.29, 1.82) is 0 Å². The molecule has 39 heavy (non-hydrogen) atoms. The average molecular weight is 571 g/mol. The molecule has 0 saturated carbocycles. The molecule has 1 saturated heterocycles. The summed E-state index contributed by atoms with van der Waals surface area (Å²) in [6, 6.07) is 4.37. The number of aromatic nitrogens is 3.